The lowest BCUT2D eigenvalue weighted by Crippen LogP contribution is -2.26. The molecule has 0 rings (SSSR count). The number of hydrogen-bond acceptors (Lipinski definition) is 6. The van der Waals surface area contributed by atoms with Crippen molar-refractivity contribution in [1.29, 1.82) is 0 Å². The molecule has 0 unspecified atom stereocenters. The zero-order valence-electron chi connectivity index (χ0n) is 15.2. The molecule has 0 spiro atoms. The Morgan fingerprint density at radius 3 is 1.92 bits per heavy atom. The van der Waals surface area contributed by atoms with Crippen molar-refractivity contribution in [3.63, 3.8) is 0 Å². The Morgan fingerprint density at radius 2 is 1.38 bits per heavy atom. The van der Waals surface area contributed by atoms with E-state index in [4.69, 9.17) is 9.47 Å². The van der Waals surface area contributed by atoms with Gasteiger partial charge in [-0.05, 0) is 65.2 Å². The minimum Gasteiger partial charge on any atom is -0.550 e. The van der Waals surface area contributed by atoms with Crippen LogP contribution < -0.4 is 5.11 Å². The monoisotopic (exact) mass is 343 g/mol. The lowest BCUT2D eigenvalue weighted by atomic mass is 9.91. The number of carbonyl (C=O) groups is 3. The van der Waals surface area contributed by atoms with Gasteiger partial charge >= 0.3 is 11.9 Å². The topological polar surface area (TPSA) is 92.7 Å². The van der Waals surface area contributed by atoms with Crippen molar-refractivity contribution in [1.82, 2.24) is 0 Å². The summed E-state index contributed by atoms with van der Waals surface area (Å²) in [5.74, 6) is -1.46. The van der Waals surface area contributed by atoms with E-state index in [0.717, 1.165) is 19.3 Å². The third-order valence-electron chi connectivity index (χ3n) is 3.98. The van der Waals surface area contributed by atoms with Crippen LogP contribution in [0.2, 0.25) is 0 Å². The van der Waals surface area contributed by atoms with Gasteiger partial charge in [0.05, 0.1) is 18.6 Å². The van der Waals surface area contributed by atoms with Gasteiger partial charge in [-0.1, -0.05) is 6.92 Å². The second-order valence-electron chi connectivity index (χ2n) is 6.59. The van der Waals surface area contributed by atoms with Crippen LogP contribution in [0.25, 0.3) is 0 Å². The number of rotatable bonds is 14. The normalized spacial score (nSPS) is 11.1. The zero-order valence-corrected chi connectivity index (χ0v) is 15.2. The molecule has 0 fully saturated rings. The van der Waals surface area contributed by atoms with E-state index in [1.165, 1.54) is 0 Å². The average molecular weight is 343 g/mol. The number of aliphatic carboxylic acids is 1. The second-order valence-corrected chi connectivity index (χ2v) is 6.59. The largest absolute Gasteiger partial charge is 0.550 e. The molecule has 0 aromatic carbocycles. The van der Waals surface area contributed by atoms with Crippen LogP contribution in [0, 0.1) is 5.41 Å². The van der Waals surface area contributed by atoms with Crippen LogP contribution in [-0.4, -0.2) is 31.1 Å². The standard InChI is InChI=1S/C18H32O6/c1-4-18(2,3)17(22)24-14-10-6-8-12-16(21)23-13-9-5-7-11-15(19)20/h4-14H2,1-3H3,(H,19,20)/p-1. The number of esters is 2. The minimum atomic E-state index is -1.05. The molecule has 0 aromatic heterocycles. The maximum absolute atomic E-state index is 11.7. The highest BCUT2D eigenvalue weighted by Gasteiger charge is 2.26. The fraction of sp³-hybridized carbons (Fsp3) is 0.833. The highest BCUT2D eigenvalue weighted by molar-refractivity contribution is 5.75. The van der Waals surface area contributed by atoms with Crippen molar-refractivity contribution >= 4 is 17.9 Å². The lowest BCUT2D eigenvalue weighted by Gasteiger charge is -2.20. The summed E-state index contributed by atoms with van der Waals surface area (Å²) in [4.78, 5) is 33.4. The third-order valence-corrected chi connectivity index (χ3v) is 3.98. The Bertz CT molecular complexity index is 389. The average Bonchev–Trinajstić information content (AvgIpc) is 2.53. The first-order valence-corrected chi connectivity index (χ1v) is 8.82. The van der Waals surface area contributed by atoms with Crippen LogP contribution in [0.1, 0.15) is 78.6 Å². The predicted octanol–water partition coefficient (Wildman–Crippen LogP) is 2.38. The molecule has 6 nitrogen and oxygen atoms in total. The van der Waals surface area contributed by atoms with Crippen LogP contribution in [0.15, 0.2) is 0 Å². The molecule has 0 aromatic rings. The van der Waals surface area contributed by atoms with E-state index in [2.05, 4.69) is 0 Å². The Labute approximate surface area is 144 Å². The third kappa shape index (κ3) is 11.9. The van der Waals surface area contributed by atoms with Gasteiger partial charge in [-0.2, -0.15) is 0 Å². The second kappa shape index (κ2) is 12.8. The van der Waals surface area contributed by atoms with Gasteiger partial charge in [0.2, 0.25) is 0 Å². The summed E-state index contributed by atoms with van der Waals surface area (Å²) in [6.07, 6.45) is 5.32. The van der Waals surface area contributed by atoms with Crippen molar-refractivity contribution in [2.45, 2.75) is 78.6 Å². The molecule has 0 aliphatic rings. The molecule has 0 radical (unpaired) electrons. The Morgan fingerprint density at radius 1 is 0.833 bits per heavy atom. The van der Waals surface area contributed by atoms with Crippen LogP contribution >= 0.6 is 0 Å². The van der Waals surface area contributed by atoms with Crippen molar-refractivity contribution in [2.24, 2.45) is 5.41 Å². The van der Waals surface area contributed by atoms with E-state index in [-0.39, 0.29) is 18.4 Å². The first-order valence-electron chi connectivity index (χ1n) is 8.82. The number of carbonyl (C=O) groups excluding carboxylic acids is 3. The van der Waals surface area contributed by atoms with Crippen molar-refractivity contribution in [3.8, 4) is 0 Å². The highest BCUT2D eigenvalue weighted by atomic mass is 16.5. The summed E-state index contributed by atoms with van der Waals surface area (Å²) in [6, 6.07) is 0. The Kier molecular flexibility index (Phi) is 11.9. The molecule has 0 N–H and O–H groups in total. The smallest absolute Gasteiger partial charge is 0.311 e. The molecule has 0 saturated heterocycles. The van der Waals surface area contributed by atoms with Crippen LogP contribution in [0.4, 0.5) is 0 Å². The van der Waals surface area contributed by atoms with Crippen molar-refractivity contribution in [2.75, 3.05) is 13.2 Å². The lowest BCUT2D eigenvalue weighted by molar-refractivity contribution is -0.305. The Hall–Kier alpha value is -1.59. The number of unbranched alkanes of at least 4 members (excludes halogenated alkanes) is 4. The SMILES string of the molecule is CCC(C)(C)C(=O)OCCCCCC(=O)OCCCCCC(=O)[O-]. The fourth-order valence-corrected chi connectivity index (χ4v) is 1.86. The first kappa shape index (κ1) is 22.4. The van der Waals surface area contributed by atoms with Gasteiger partial charge in [0, 0.05) is 12.4 Å². The van der Waals surface area contributed by atoms with Crippen LogP contribution in [-0.2, 0) is 23.9 Å². The molecule has 6 heteroatoms. The molecule has 0 aliphatic heterocycles. The quantitative estimate of drug-likeness (QED) is 0.355. The van der Waals surface area contributed by atoms with Gasteiger partial charge in [-0.25, -0.2) is 0 Å². The number of carboxylic acid groups (broad SMARTS) is 1. The van der Waals surface area contributed by atoms with E-state index in [1.54, 1.807) is 0 Å². The molecule has 0 heterocycles. The van der Waals surface area contributed by atoms with E-state index in [1.807, 2.05) is 20.8 Å². The minimum absolute atomic E-state index is 0.0496. The van der Waals surface area contributed by atoms with Crippen LogP contribution in [0.3, 0.4) is 0 Å². The summed E-state index contributed by atoms with van der Waals surface area (Å²) in [5.41, 5.74) is -0.440. The molecule has 140 valence electrons. The molecule has 0 saturated carbocycles. The number of hydrogen-bond donors (Lipinski definition) is 0. The van der Waals surface area contributed by atoms with Gasteiger partial charge in [0.1, 0.15) is 0 Å². The number of carboxylic acids is 1. The maximum atomic E-state index is 11.7. The van der Waals surface area contributed by atoms with Gasteiger partial charge < -0.3 is 19.4 Å². The highest BCUT2D eigenvalue weighted by Crippen LogP contribution is 2.21. The molecular weight excluding hydrogens is 312 g/mol. The molecule has 0 bridgehead atoms. The maximum Gasteiger partial charge on any atom is 0.311 e. The molecule has 0 amide bonds. The molecule has 0 atom stereocenters. The fourth-order valence-electron chi connectivity index (χ4n) is 1.86. The predicted molar refractivity (Wildman–Crippen MR) is 87.9 cm³/mol. The van der Waals surface area contributed by atoms with Gasteiger partial charge in [-0.15, -0.1) is 0 Å². The van der Waals surface area contributed by atoms with Crippen molar-refractivity contribution in [3.05, 3.63) is 0 Å². The van der Waals surface area contributed by atoms with E-state index in [0.29, 0.717) is 45.3 Å². The molecule has 24 heavy (non-hydrogen) atoms. The van der Waals surface area contributed by atoms with E-state index >= 15 is 0 Å². The molecule has 0 aliphatic carbocycles. The first-order chi connectivity index (χ1) is 11.3. The summed E-state index contributed by atoms with van der Waals surface area (Å²) in [7, 11) is 0. The zero-order chi connectivity index (χ0) is 18.4. The van der Waals surface area contributed by atoms with Gasteiger partial charge in [0.15, 0.2) is 0 Å². The van der Waals surface area contributed by atoms with E-state index in [9.17, 15) is 19.5 Å². The summed E-state index contributed by atoms with van der Waals surface area (Å²) >= 11 is 0. The molecular formula is C18H31O6-. The summed E-state index contributed by atoms with van der Waals surface area (Å²) in [6.45, 7) is 6.40. The summed E-state index contributed by atoms with van der Waals surface area (Å²) in [5, 5.41) is 10.2. The van der Waals surface area contributed by atoms with Gasteiger partial charge in [0.25, 0.3) is 0 Å². The van der Waals surface area contributed by atoms with E-state index < -0.39 is 11.4 Å². The number of ether oxygens (including phenoxy) is 2. The summed E-state index contributed by atoms with van der Waals surface area (Å²) < 4.78 is 10.3. The van der Waals surface area contributed by atoms with Gasteiger partial charge in [-0.3, -0.25) is 9.59 Å². The van der Waals surface area contributed by atoms with Crippen molar-refractivity contribution < 1.29 is 29.0 Å². The Balaban J connectivity index is 3.47. The van der Waals surface area contributed by atoms with Crippen LogP contribution in [0.5, 0.6) is 0 Å².